The number of hydrogen-bond acceptors (Lipinski definition) is 6. The Morgan fingerprint density at radius 1 is 1.17 bits per heavy atom. The smallest absolute Gasteiger partial charge is 0.225 e. The van der Waals surface area contributed by atoms with Gasteiger partial charge < -0.3 is 9.42 Å². The minimum atomic E-state index is 0.247. The number of rotatable bonds is 4. The first-order chi connectivity index (χ1) is 14.2. The first kappa shape index (κ1) is 18.0. The van der Waals surface area contributed by atoms with Crippen molar-refractivity contribution in [3.05, 3.63) is 48.2 Å². The van der Waals surface area contributed by atoms with Crippen molar-refractivity contribution in [2.75, 3.05) is 13.1 Å². The molecule has 1 saturated heterocycles. The van der Waals surface area contributed by atoms with Crippen LogP contribution in [0.5, 0.6) is 0 Å². The molecule has 4 heterocycles. The van der Waals surface area contributed by atoms with E-state index in [1.807, 2.05) is 36.2 Å². The van der Waals surface area contributed by atoms with Crippen LogP contribution in [0.15, 0.2) is 41.3 Å². The lowest BCUT2D eigenvalue weighted by atomic mass is 9.90. The average molecular weight is 389 g/mol. The van der Waals surface area contributed by atoms with E-state index in [0.29, 0.717) is 17.5 Å². The maximum Gasteiger partial charge on any atom is 0.225 e. The molecule has 5 rings (SSSR count). The van der Waals surface area contributed by atoms with Crippen LogP contribution in [0.3, 0.4) is 0 Å². The molecule has 0 aromatic carbocycles. The van der Waals surface area contributed by atoms with Crippen LogP contribution in [0.25, 0.3) is 22.7 Å². The molecule has 7 nitrogen and oxygen atoms in total. The van der Waals surface area contributed by atoms with Crippen molar-refractivity contribution >= 4 is 5.91 Å². The number of nitrogens with zero attached hydrogens (tertiary/aromatic N) is 5. The number of hydrogen-bond donors (Lipinski definition) is 0. The number of aromatic nitrogens is 4. The minimum Gasteiger partial charge on any atom is -0.356 e. The van der Waals surface area contributed by atoms with Crippen LogP contribution >= 0.6 is 0 Å². The molecule has 3 aromatic rings. The summed E-state index contributed by atoms with van der Waals surface area (Å²) in [6.45, 7) is 3.46. The van der Waals surface area contributed by atoms with Crippen LogP contribution < -0.4 is 0 Å². The van der Waals surface area contributed by atoms with E-state index in [2.05, 4.69) is 15.1 Å². The van der Waals surface area contributed by atoms with Crippen LogP contribution in [-0.4, -0.2) is 44.0 Å². The van der Waals surface area contributed by atoms with Crippen molar-refractivity contribution in [1.82, 2.24) is 25.0 Å². The van der Waals surface area contributed by atoms with Crippen LogP contribution in [0.4, 0.5) is 0 Å². The van der Waals surface area contributed by atoms with Gasteiger partial charge in [0.05, 0.1) is 17.0 Å². The predicted octanol–water partition coefficient (Wildman–Crippen LogP) is 3.62. The molecule has 148 valence electrons. The number of carbonyl (C=O) groups is 1. The van der Waals surface area contributed by atoms with Gasteiger partial charge in [-0.05, 0) is 44.7 Å². The van der Waals surface area contributed by atoms with Crippen molar-refractivity contribution < 1.29 is 9.32 Å². The molecule has 0 atom stereocenters. The Morgan fingerprint density at radius 2 is 2.00 bits per heavy atom. The normalized spacial score (nSPS) is 17.5. The number of piperidine rings is 1. The van der Waals surface area contributed by atoms with Crippen LogP contribution in [0.2, 0.25) is 0 Å². The summed E-state index contributed by atoms with van der Waals surface area (Å²) >= 11 is 0. The van der Waals surface area contributed by atoms with Gasteiger partial charge >= 0.3 is 0 Å². The number of pyridine rings is 1. The fourth-order valence-corrected chi connectivity index (χ4v) is 3.98. The van der Waals surface area contributed by atoms with E-state index in [9.17, 15) is 4.79 Å². The van der Waals surface area contributed by atoms with Crippen LogP contribution in [0.1, 0.15) is 43.0 Å². The molecule has 0 bridgehead atoms. The first-order valence-corrected chi connectivity index (χ1v) is 10.2. The van der Waals surface area contributed by atoms with Gasteiger partial charge in [-0.25, -0.2) is 9.97 Å². The fourth-order valence-electron chi connectivity index (χ4n) is 3.98. The molecular weight excluding hydrogens is 366 g/mol. The Balaban J connectivity index is 1.46. The molecule has 1 aliphatic carbocycles. The molecule has 7 heteroatoms. The SMILES string of the molecule is Cc1cc(-c2cnc(-c3cccnc3)nc2C2CCN(C(=O)C3CC3)CC2)on1. The number of likely N-dealkylation sites (tertiary alicyclic amines) is 1. The largest absolute Gasteiger partial charge is 0.356 e. The Hall–Kier alpha value is -3.09. The topological polar surface area (TPSA) is 85.0 Å². The van der Waals surface area contributed by atoms with E-state index in [4.69, 9.17) is 9.51 Å². The zero-order valence-electron chi connectivity index (χ0n) is 16.4. The zero-order chi connectivity index (χ0) is 19.8. The minimum absolute atomic E-state index is 0.247. The third-order valence-electron chi connectivity index (χ3n) is 5.75. The number of carbonyl (C=O) groups excluding carboxylic acids is 1. The monoisotopic (exact) mass is 389 g/mol. The maximum absolute atomic E-state index is 12.4. The summed E-state index contributed by atoms with van der Waals surface area (Å²) in [4.78, 5) is 28.1. The Labute approximate surface area is 169 Å². The van der Waals surface area contributed by atoms with Gasteiger partial charge in [-0.1, -0.05) is 5.16 Å². The average Bonchev–Trinajstić information content (AvgIpc) is 3.54. The second kappa shape index (κ2) is 7.39. The second-order valence-corrected chi connectivity index (χ2v) is 7.94. The van der Waals surface area contributed by atoms with Gasteiger partial charge in [-0.2, -0.15) is 0 Å². The highest BCUT2D eigenvalue weighted by Gasteiger charge is 2.36. The van der Waals surface area contributed by atoms with Crippen molar-refractivity contribution in [2.24, 2.45) is 5.92 Å². The number of amides is 1. The summed E-state index contributed by atoms with van der Waals surface area (Å²) in [5.74, 6) is 2.19. The van der Waals surface area contributed by atoms with Gasteiger partial charge in [0.25, 0.3) is 0 Å². The van der Waals surface area contributed by atoms with Gasteiger partial charge in [0.1, 0.15) is 0 Å². The summed E-state index contributed by atoms with van der Waals surface area (Å²) in [5.41, 5.74) is 3.56. The van der Waals surface area contributed by atoms with Gasteiger partial charge in [-0.15, -0.1) is 0 Å². The molecule has 0 radical (unpaired) electrons. The molecule has 2 fully saturated rings. The van der Waals surface area contributed by atoms with Crippen molar-refractivity contribution in [1.29, 1.82) is 0 Å². The highest BCUT2D eigenvalue weighted by atomic mass is 16.5. The van der Waals surface area contributed by atoms with Crippen molar-refractivity contribution in [3.63, 3.8) is 0 Å². The molecule has 0 unspecified atom stereocenters. The van der Waals surface area contributed by atoms with E-state index in [0.717, 1.165) is 61.3 Å². The van der Waals surface area contributed by atoms with E-state index in [-0.39, 0.29) is 11.8 Å². The van der Waals surface area contributed by atoms with Gasteiger partial charge in [0.15, 0.2) is 11.6 Å². The summed E-state index contributed by atoms with van der Waals surface area (Å²) in [5, 5.41) is 4.03. The van der Waals surface area contributed by atoms with Crippen LogP contribution in [0, 0.1) is 12.8 Å². The Kier molecular flexibility index (Phi) is 4.58. The Morgan fingerprint density at radius 3 is 2.66 bits per heavy atom. The summed E-state index contributed by atoms with van der Waals surface area (Å²) in [6, 6.07) is 5.76. The molecular formula is C22H23N5O2. The van der Waals surface area contributed by atoms with Crippen LogP contribution in [-0.2, 0) is 4.79 Å². The lowest BCUT2D eigenvalue weighted by Gasteiger charge is -2.32. The van der Waals surface area contributed by atoms with Gasteiger partial charge in [0, 0.05) is 55.1 Å². The Bertz CT molecular complexity index is 1020. The molecule has 1 amide bonds. The van der Waals surface area contributed by atoms with E-state index in [1.54, 1.807) is 12.4 Å². The van der Waals surface area contributed by atoms with E-state index in [1.165, 1.54) is 0 Å². The first-order valence-electron chi connectivity index (χ1n) is 10.2. The summed E-state index contributed by atoms with van der Waals surface area (Å²) < 4.78 is 5.52. The molecule has 3 aromatic heterocycles. The third-order valence-corrected chi connectivity index (χ3v) is 5.75. The standard InChI is InChI=1S/C22H23N5O2/c1-14-11-19(29-26-14)18-13-24-21(17-3-2-8-23-12-17)25-20(18)15-6-9-27(10-7-15)22(28)16-4-5-16/h2-3,8,11-13,15-16H,4-7,9-10H2,1H3. The number of aryl methyl sites for hydroxylation is 1. The fraction of sp³-hybridized carbons (Fsp3) is 0.409. The zero-order valence-corrected chi connectivity index (χ0v) is 16.4. The third kappa shape index (κ3) is 3.64. The lowest BCUT2D eigenvalue weighted by molar-refractivity contribution is -0.133. The molecule has 0 N–H and O–H groups in total. The quantitative estimate of drug-likeness (QED) is 0.678. The molecule has 1 saturated carbocycles. The highest BCUT2D eigenvalue weighted by molar-refractivity contribution is 5.81. The lowest BCUT2D eigenvalue weighted by Crippen LogP contribution is -2.39. The van der Waals surface area contributed by atoms with E-state index >= 15 is 0 Å². The maximum atomic E-state index is 12.4. The van der Waals surface area contributed by atoms with Crippen molar-refractivity contribution in [2.45, 2.75) is 38.5 Å². The molecule has 2 aliphatic rings. The van der Waals surface area contributed by atoms with E-state index < -0.39 is 0 Å². The second-order valence-electron chi connectivity index (χ2n) is 7.94. The highest BCUT2D eigenvalue weighted by Crippen LogP contribution is 2.37. The molecule has 0 spiro atoms. The summed E-state index contributed by atoms with van der Waals surface area (Å²) in [7, 11) is 0. The van der Waals surface area contributed by atoms with Gasteiger partial charge in [0.2, 0.25) is 5.91 Å². The molecule has 1 aliphatic heterocycles. The predicted molar refractivity (Wildman–Crippen MR) is 107 cm³/mol. The summed E-state index contributed by atoms with van der Waals surface area (Å²) in [6.07, 6.45) is 9.22. The molecule has 29 heavy (non-hydrogen) atoms. The van der Waals surface area contributed by atoms with Crippen molar-refractivity contribution in [3.8, 4) is 22.7 Å². The van der Waals surface area contributed by atoms with Gasteiger partial charge in [-0.3, -0.25) is 9.78 Å².